The third-order valence-electron chi connectivity index (χ3n) is 5.32. The molecule has 3 heteroatoms. The van der Waals surface area contributed by atoms with Gasteiger partial charge in [-0.2, -0.15) is 5.26 Å². The maximum Gasteiger partial charge on any atom is 0.119 e. The molecule has 0 aromatic carbocycles. The zero-order valence-corrected chi connectivity index (χ0v) is 12.1. The van der Waals surface area contributed by atoms with Gasteiger partial charge in [-0.1, -0.05) is 18.9 Å². The molecule has 0 N–H and O–H groups in total. The van der Waals surface area contributed by atoms with E-state index in [2.05, 4.69) is 6.58 Å². The fraction of sp³-hybridized carbons (Fsp3) is 0.824. The largest absolute Gasteiger partial charge is 0.246 e. The molecule has 20 heavy (non-hydrogen) atoms. The highest BCUT2D eigenvalue weighted by Gasteiger charge is 2.41. The van der Waals surface area contributed by atoms with Crippen LogP contribution < -0.4 is 0 Å². The van der Waals surface area contributed by atoms with E-state index in [1.54, 1.807) is 6.07 Å². The molecule has 0 aliphatic heterocycles. The summed E-state index contributed by atoms with van der Waals surface area (Å²) >= 11 is 0. The normalized spacial score (nSPS) is 41.9. The molecule has 0 aromatic heterocycles. The van der Waals surface area contributed by atoms with E-state index in [0.717, 1.165) is 25.2 Å². The Labute approximate surface area is 121 Å². The van der Waals surface area contributed by atoms with Crippen LogP contribution >= 0.6 is 0 Å². The van der Waals surface area contributed by atoms with Crippen molar-refractivity contribution < 1.29 is 8.78 Å². The van der Waals surface area contributed by atoms with Crippen LogP contribution in [0.4, 0.5) is 8.78 Å². The molecule has 0 amide bonds. The first-order chi connectivity index (χ1) is 9.65. The predicted molar refractivity (Wildman–Crippen MR) is 76.5 cm³/mol. The molecular weight excluding hydrogens is 256 g/mol. The lowest BCUT2D eigenvalue weighted by atomic mass is 9.68. The second kappa shape index (κ2) is 7.20. The topological polar surface area (TPSA) is 23.8 Å². The Morgan fingerprint density at radius 3 is 2.15 bits per heavy atom. The lowest BCUT2D eigenvalue weighted by Crippen LogP contribution is -2.38. The Morgan fingerprint density at radius 2 is 1.65 bits per heavy atom. The smallest absolute Gasteiger partial charge is 0.119 e. The van der Waals surface area contributed by atoms with Crippen LogP contribution in [0.25, 0.3) is 0 Å². The summed E-state index contributed by atoms with van der Waals surface area (Å²) in [7, 11) is 0. The maximum absolute atomic E-state index is 13.9. The third kappa shape index (κ3) is 3.59. The van der Waals surface area contributed by atoms with Gasteiger partial charge in [-0.25, -0.2) is 8.78 Å². The first-order valence-corrected chi connectivity index (χ1v) is 7.94. The van der Waals surface area contributed by atoms with Gasteiger partial charge in [0.1, 0.15) is 18.3 Å². The summed E-state index contributed by atoms with van der Waals surface area (Å²) in [5.74, 6) is 0.341. The average molecular weight is 281 g/mol. The Hall–Kier alpha value is -0.910. The average Bonchev–Trinajstić information content (AvgIpc) is 2.45. The van der Waals surface area contributed by atoms with Crippen LogP contribution in [0.5, 0.6) is 0 Å². The van der Waals surface area contributed by atoms with Gasteiger partial charge in [0, 0.05) is 0 Å². The molecule has 2 aliphatic carbocycles. The van der Waals surface area contributed by atoms with Crippen LogP contribution in [0, 0.1) is 35.0 Å². The zero-order chi connectivity index (χ0) is 14.5. The lowest BCUT2D eigenvalue weighted by Gasteiger charge is -2.39. The highest BCUT2D eigenvalue weighted by atomic mass is 19.1. The summed E-state index contributed by atoms with van der Waals surface area (Å²) < 4.78 is 27.7. The highest BCUT2D eigenvalue weighted by Crippen LogP contribution is 2.43. The molecule has 2 saturated carbocycles. The van der Waals surface area contributed by atoms with Crippen molar-refractivity contribution in [1.29, 1.82) is 5.26 Å². The van der Waals surface area contributed by atoms with Gasteiger partial charge < -0.3 is 0 Å². The Morgan fingerprint density at radius 1 is 1.05 bits per heavy atom. The van der Waals surface area contributed by atoms with Gasteiger partial charge >= 0.3 is 0 Å². The Balaban J connectivity index is 1.82. The summed E-state index contributed by atoms with van der Waals surface area (Å²) in [6, 6.07) is 1.80. The minimum absolute atomic E-state index is 0.143. The second-order valence-electron chi connectivity index (χ2n) is 6.57. The fourth-order valence-corrected chi connectivity index (χ4v) is 4.04. The molecular formula is C17H25F2N. The van der Waals surface area contributed by atoms with Gasteiger partial charge in [-0.3, -0.25) is 0 Å². The minimum Gasteiger partial charge on any atom is -0.246 e. The molecule has 2 rings (SSSR count). The zero-order valence-electron chi connectivity index (χ0n) is 12.1. The Bertz CT molecular complexity index is 342. The molecule has 0 heterocycles. The molecule has 0 bridgehead atoms. The molecule has 112 valence electrons. The molecule has 0 radical (unpaired) electrons. The highest BCUT2D eigenvalue weighted by molar-refractivity contribution is 5.00. The second-order valence-corrected chi connectivity index (χ2v) is 6.57. The molecule has 0 saturated heterocycles. The van der Waals surface area contributed by atoms with Gasteiger partial charge in [-0.15, -0.1) is 6.58 Å². The van der Waals surface area contributed by atoms with Gasteiger partial charge in [0.2, 0.25) is 0 Å². The van der Waals surface area contributed by atoms with Crippen molar-refractivity contribution in [3.8, 4) is 6.07 Å². The molecule has 2 fully saturated rings. The number of alkyl halides is 2. The van der Waals surface area contributed by atoms with Crippen molar-refractivity contribution in [3.05, 3.63) is 12.7 Å². The first kappa shape index (κ1) is 15.5. The van der Waals surface area contributed by atoms with E-state index in [1.807, 2.05) is 6.08 Å². The standard InChI is InChI=1S/C17H25F2N/c1-2-3-4-12-5-7-13(8-6-12)14-9-16(18)15(11-20)17(19)10-14/h2,12-17H,1,3-10H2. The van der Waals surface area contributed by atoms with Crippen LogP contribution in [0.15, 0.2) is 12.7 Å². The van der Waals surface area contributed by atoms with Crippen molar-refractivity contribution in [3.63, 3.8) is 0 Å². The summed E-state index contributed by atoms with van der Waals surface area (Å²) in [5, 5.41) is 8.81. The molecule has 2 aliphatic rings. The summed E-state index contributed by atoms with van der Waals surface area (Å²) in [6.45, 7) is 3.76. The van der Waals surface area contributed by atoms with E-state index in [4.69, 9.17) is 5.26 Å². The van der Waals surface area contributed by atoms with Crippen molar-refractivity contribution in [2.45, 2.75) is 63.7 Å². The van der Waals surface area contributed by atoms with Gasteiger partial charge in [0.25, 0.3) is 0 Å². The molecule has 0 spiro atoms. The summed E-state index contributed by atoms with van der Waals surface area (Å²) in [5.41, 5.74) is 0. The van der Waals surface area contributed by atoms with Gasteiger partial charge in [-0.05, 0) is 56.3 Å². The first-order valence-electron chi connectivity index (χ1n) is 7.94. The van der Waals surface area contributed by atoms with Crippen molar-refractivity contribution in [2.24, 2.45) is 23.7 Å². The summed E-state index contributed by atoms with van der Waals surface area (Å²) in [6.07, 6.45) is 7.05. The van der Waals surface area contributed by atoms with E-state index in [0.29, 0.717) is 18.8 Å². The molecule has 0 aromatic rings. The van der Waals surface area contributed by atoms with Crippen LogP contribution in [-0.4, -0.2) is 12.3 Å². The SMILES string of the molecule is C=CCCC1CCC(C2CC(F)C(C#N)C(F)C2)CC1. The lowest BCUT2D eigenvalue weighted by molar-refractivity contribution is 0.0376. The number of hydrogen-bond acceptors (Lipinski definition) is 1. The maximum atomic E-state index is 13.9. The molecule has 2 unspecified atom stereocenters. The number of rotatable bonds is 4. The van der Waals surface area contributed by atoms with Crippen molar-refractivity contribution in [2.75, 3.05) is 0 Å². The predicted octanol–water partition coefficient (Wildman–Crippen LogP) is 4.98. The van der Waals surface area contributed by atoms with Crippen LogP contribution in [0.3, 0.4) is 0 Å². The van der Waals surface area contributed by atoms with E-state index in [9.17, 15) is 8.78 Å². The van der Waals surface area contributed by atoms with E-state index in [-0.39, 0.29) is 5.92 Å². The van der Waals surface area contributed by atoms with E-state index >= 15 is 0 Å². The molecule has 2 atom stereocenters. The van der Waals surface area contributed by atoms with Crippen molar-refractivity contribution >= 4 is 0 Å². The number of allylic oxidation sites excluding steroid dienone is 1. The Kier molecular flexibility index (Phi) is 5.57. The number of nitrogens with zero attached hydrogens (tertiary/aromatic N) is 1. The van der Waals surface area contributed by atoms with Crippen LogP contribution in [-0.2, 0) is 0 Å². The van der Waals surface area contributed by atoms with Gasteiger partial charge in [0.05, 0.1) is 6.07 Å². The minimum atomic E-state index is -1.27. The summed E-state index contributed by atoms with van der Waals surface area (Å²) in [4.78, 5) is 0. The molecule has 1 nitrogen and oxygen atoms in total. The van der Waals surface area contributed by atoms with Gasteiger partial charge in [0.15, 0.2) is 0 Å². The fourth-order valence-electron chi connectivity index (χ4n) is 4.04. The number of halogens is 2. The quantitative estimate of drug-likeness (QED) is 0.666. The van der Waals surface area contributed by atoms with Crippen molar-refractivity contribution in [1.82, 2.24) is 0 Å². The monoisotopic (exact) mass is 281 g/mol. The van der Waals surface area contributed by atoms with Crippen LogP contribution in [0.1, 0.15) is 51.4 Å². The van der Waals surface area contributed by atoms with E-state index < -0.39 is 18.3 Å². The third-order valence-corrected chi connectivity index (χ3v) is 5.32. The number of hydrogen-bond donors (Lipinski definition) is 0. The number of nitriles is 1. The van der Waals surface area contributed by atoms with Crippen LogP contribution in [0.2, 0.25) is 0 Å². The van der Waals surface area contributed by atoms with E-state index in [1.165, 1.54) is 19.3 Å².